The van der Waals surface area contributed by atoms with Crippen LogP contribution in [0, 0.1) is 5.92 Å². The highest BCUT2D eigenvalue weighted by molar-refractivity contribution is 7.80. The lowest BCUT2D eigenvalue weighted by atomic mass is 10.0. The summed E-state index contributed by atoms with van der Waals surface area (Å²) in [5.74, 6) is -3.77. The molecular formula is C17H33N5O6S. The van der Waals surface area contributed by atoms with Gasteiger partial charge in [0.2, 0.25) is 17.7 Å². The fourth-order valence-electron chi connectivity index (χ4n) is 2.35. The van der Waals surface area contributed by atoms with Gasteiger partial charge in [-0.2, -0.15) is 12.6 Å². The minimum atomic E-state index is -1.49. The highest BCUT2D eigenvalue weighted by atomic mass is 32.1. The first-order valence-electron chi connectivity index (χ1n) is 9.40. The number of carboxylic acid groups (broad SMARTS) is 1. The van der Waals surface area contributed by atoms with Crippen LogP contribution in [0.15, 0.2) is 0 Å². The predicted molar refractivity (Wildman–Crippen MR) is 110 cm³/mol. The summed E-state index contributed by atoms with van der Waals surface area (Å²) in [5, 5.41) is 25.1. The van der Waals surface area contributed by atoms with Crippen LogP contribution in [0.3, 0.4) is 0 Å². The van der Waals surface area contributed by atoms with E-state index in [1.807, 2.05) is 0 Å². The largest absolute Gasteiger partial charge is 0.480 e. The first kappa shape index (κ1) is 27.1. The maximum absolute atomic E-state index is 12.5. The third kappa shape index (κ3) is 9.92. The Hall–Kier alpha value is -1.89. The third-order valence-electron chi connectivity index (χ3n) is 4.17. The molecule has 0 aromatic carbocycles. The molecule has 11 nitrogen and oxygen atoms in total. The van der Waals surface area contributed by atoms with Gasteiger partial charge >= 0.3 is 5.97 Å². The molecule has 0 rings (SSSR count). The zero-order valence-corrected chi connectivity index (χ0v) is 17.7. The smallest absolute Gasteiger partial charge is 0.328 e. The molecule has 0 spiro atoms. The van der Waals surface area contributed by atoms with Crippen LogP contribution in [0.5, 0.6) is 0 Å². The molecule has 0 aromatic rings. The number of amides is 3. The van der Waals surface area contributed by atoms with Gasteiger partial charge in [0, 0.05) is 5.75 Å². The average molecular weight is 436 g/mol. The van der Waals surface area contributed by atoms with Crippen molar-refractivity contribution in [2.45, 2.75) is 57.3 Å². The first-order valence-corrected chi connectivity index (χ1v) is 10.0. The highest BCUT2D eigenvalue weighted by Crippen LogP contribution is 2.05. The molecular weight excluding hydrogens is 402 g/mol. The predicted octanol–water partition coefficient (Wildman–Crippen LogP) is -2.44. The molecule has 0 aliphatic rings. The lowest BCUT2D eigenvalue weighted by Gasteiger charge is -2.26. The summed E-state index contributed by atoms with van der Waals surface area (Å²) in [6.07, 6.45) is 1.82. The Morgan fingerprint density at radius 2 is 1.55 bits per heavy atom. The van der Waals surface area contributed by atoms with E-state index in [1.54, 1.807) is 13.8 Å². The normalized spacial score (nSPS) is 15.1. The molecule has 3 amide bonds. The summed E-state index contributed by atoms with van der Waals surface area (Å²) in [6.45, 7) is 3.01. The summed E-state index contributed by atoms with van der Waals surface area (Å²) in [6, 6.07) is -4.41. The van der Waals surface area contributed by atoms with E-state index >= 15 is 0 Å². The van der Waals surface area contributed by atoms with Crippen LogP contribution < -0.4 is 27.4 Å². The number of rotatable bonds is 14. The first-order chi connectivity index (χ1) is 13.6. The standard InChI is InChI=1S/C17H33N5O6S/c1-9(2)13(16(26)20-11(7-23)17(27)28)22-15(25)12(8-29)21-14(24)10(19)5-3-4-6-18/h9-13,23,29H,3-8,18-19H2,1-2H3,(H,20,26)(H,21,24)(H,22,25)(H,27,28). The number of aliphatic hydroxyl groups is 1. The number of nitrogens with two attached hydrogens (primary N) is 2. The Balaban J connectivity index is 4.98. The Morgan fingerprint density at radius 3 is 2.00 bits per heavy atom. The van der Waals surface area contributed by atoms with Crippen LogP contribution in [0.1, 0.15) is 33.1 Å². The summed E-state index contributed by atoms with van der Waals surface area (Å²) >= 11 is 4.06. The third-order valence-corrected chi connectivity index (χ3v) is 4.53. The highest BCUT2D eigenvalue weighted by Gasteiger charge is 2.31. The zero-order chi connectivity index (χ0) is 22.6. The van der Waals surface area contributed by atoms with Gasteiger partial charge in [0.05, 0.1) is 12.6 Å². The van der Waals surface area contributed by atoms with Gasteiger partial charge in [-0.15, -0.1) is 0 Å². The van der Waals surface area contributed by atoms with Gasteiger partial charge in [-0.1, -0.05) is 20.3 Å². The molecule has 12 heteroatoms. The van der Waals surface area contributed by atoms with Crippen molar-refractivity contribution in [1.82, 2.24) is 16.0 Å². The van der Waals surface area contributed by atoms with E-state index in [0.717, 1.165) is 6.42 Å². The van der Waals surface area contributed by atoms with Crippen molar-refractivity contribution in [3.05, 3.63) is 0 Å². The van der Waals surface area contributed by atoms with Gasteiger partial charge in [-0.3, -0.25) is 14.4 Å². The van der Waals surface area contributed by atoms with Crippen molar-refractivity contribution in [3.63, 3.8) is 0 Å². The number of hydrogen-bond acceptors (Lipinski definition) is 8. The molecule has 0 saturated carbocycles. The van der Waals surface area contributed by atoms with E-state index in [1.165, 1.54) is 0 Å². The second-order valence-corrected chi connectivity index (χ2v) is 7.31. The van der Waals surface area contributed by atoms with Crippen molar-refractivity contribution in [3.8, 4) is 0 Å². The maximum atomic E-state index is 12.5. The summed E-state index contributed by atoms with van der Waals surface area (Å²) < 4.78 is 0. The molecule has 0 fully saturated rings. The topological polar surface area (TPSA) is 197 Å². The number of carbonyl (C=O) groups is 4. The summed E-state index contributed by atoms with van der Waals surface area (Å²) in [7, 11) is 0. The number of hydrogen-bond donors (Lipinski definition) is 8. The second-order valence-electron chi connectivity index (χ2n) is 6.95. The summed E-state index contributed by atoms with van der Waals surface area (Å²) in [4.78, 5) is 48.0. The molecule has 168 valence electrons. The lowest BCUT2D eigenvalue weighted by molar-refractivity contribution is -0.143. The zero-order valence-electron chi connectivity index (χ0n) is 16.8. The Morgan fingerprint density at radius 1 is 0.966 bits per heavy atom. The molecule has 0 radical (unpaired) electrons. The number of nitrogens with one attached hydrogen (secondary N) is 3. The van der Waals surface area contributed by atoms with E-state index in [0.29, 0.717) is 19.4 Å². The SMILES string of the molecule is CC(C)C(NC(=O)C(CS)NC(=O)C(N)CCCCN)C(=O)NC(CO)C(=O)O. The Bertz CT molecular complexity index is 562. The van der Waals surface area contributed by atoms with E-state index < -0.39 is 54.5 Å². The molecule has 0 saturated heterocycles. The second kappa shape index (κ2) is 14.1. The van der Waals surface area contributed by atoms with Gasteiger partial charge in [0.15, 0.2) is 0 Å². The quantitative estimate of drug-likeness (QED) is 0.109. The maximum Gasteiger partial charge on any atom is 0.328 e. The minimum Gasteiger partial charge on any atom is -0.480 e. The van der Waals surface area contributed by atoms with Crippen molar-refractivity contribution >= 4 is 36.3 Å². The average Bonchev–Trinajstić information content (AvgIpc) is 2.67. The van der Waals surface area contributed by atoms with Gasteiger partial charge in [0.25, 0.3) is 0 Å². The van der Waals surface area contributed by atoms with E-state index in [-0.39, 0.29) is 11.7 Å². The fourth-order valence-corrected chi connectivity index (χ4v) is 2.61. The van der Waals surface area contributed by atoms with Crippen LogP contribution >= 0.6 is 12.6 Å². The number of carboxylic acids is 1. The van der Waals surface area contributed by atoms with Crippen molar-refractivity contribution in [2.24, 2.45) is 17.4 Å². The molecule has 0 aromatic heterocycles. The fraction of sp³-hybridized carbons (Fsp3) is 0.765. The Kier molecular flexibility index (Phi) is 13.2. The monoisotopic (exact) mass is 435 g/mol. The molecule has 9 N–H and O–H groups in total. The van der Waals surface area contributed by atoms with Crippen LogP contribution in [0.4, 0.5) is 0 Å². The number of thiol groups is 1. The number of unbranched alkanes of at least 4 members (excludes halogenated alkanes) is 1. The molecule has 0 heterocycles. The van der Waals surface area contributed by atoms with Crippen LogP contribution in [0.2, 0.25) is 0 Å². The van der Waals surface area contributed by atoms with Crippen molar-refractivity contribution in [1.29, 1.82) is 0 Å². The van der Waals surface area contributed by atoms with Crippen molar-refractivity contribution in [2.75, 3.05) is 18.9 Å². The van der Waals surface area contributed by atoms with E-state index in [2.05, 4.69) is 28.6 Å². The van der Waals surface area contributed by atoms with Gasteiger partial charge in [-0.05, 0) is 25.3 Å². The van der Waals surface area contributed by atoms with Crippen LogP contribution in [-0.2, 0) is 19.2 Å². The number of carbonyl (C=O) groups excluding carboxylic acids is 3. The van der Waals surface area contributed by atoms with Crippen molar-refractivity contribution < 1.29 is 29.4 Å². The van der Waals surface area contributed by atoms with Gasteiger partial charge in [0.1, 0.15) is 18.1 Å². The molecule has 0 aliphatic carbocycles. The molecule has 0 aliphatic heterocycles. The van der Waals surface area contributed by atoms with Gasteiger partial charge in [-0.25, -0.2) is 4.79 Å². The van der Waals surface area contributed by atoms with E-state index in [9.17, 15) is 19.2 Å². The lowest BCUT2D eigenvalue weighted by Crippen LogP contribution is -2.59. The molecule has 4 atom stereocenters. The summed E-state index contributed by atoms with van der Waals surface area (Å²) in [5.41, 5.74) is 11.2. The molecule has 29 heavy (non-hydrogen) atoms. The number of aliphatic hydroxyl groups excluding tert-OH is 1. The van der Waals surface area contributed by atoms with E-state index in [4.69, 9.17) is 21.7 Å². The van der Waals surface area contributed by atoms with Gasteiger partial charge < -0.3 is 37.6 Å². The van der Waals surface area contributed by atoms with Crippen LogP contribution in [0.25, 0.3) is 0 Å². The molecule has 0 bridgehead atoms. The number of aliphatic carboxylic acids is 1. The Labute approximate surface area is 175 Å². The minimum absolute atomic E-state index is 0.0338. The van der Waals surface area contributed by atoms with Crippen LogP contribution in [-0.4, -0.2) is 77.0 Å². The molecule has 4 unspecified atom stereocenters.